The molecule has 0 bridgehead atoms. The number of hydrogen-bond acceptors (Lipinski definition) is 6. The number of aliphatic hydroxyl groups is 2. The minimum absolute atomic E-state index is 0.219. The van der Waals surface area contributed by atoms with Gasteiger partial charge in [0.2, 0.25) is 0 Å². The molecule has 0 heterocycles. The lowest BCUT2D eigenvalue weighted by Gasteiger charge is -2.05. The monoisotopic (exact) mass is 256 g/mol. The lowest BCUT2D eigenvalue weighted by Crippen LogP contribution is -2.21. The Bertz CT molecular complexity index is 117. The van der Waals surface area contributed by atoms with Crippen LogP contribution in [0.3, 0.4) is 0 Å². The summed E-state index contributed by atoms with van der Waals surface area (Å²) in [5.41, 5.74) is 0. The summed E-state index contributed by atoms with van der Waals surface area (Å²) in [5, 5.41) is 17.0. The van der Waals surface area contributed by atoms with Crippen LogP contribution in [0.4, 0.5) is 0 Å². The zero-order valence-corrected chi connectivity index (χ0v) is 11.7. The third-order valence-electron chi connectivity index (χ3n) is 1.45. The quantitative estimate of drug-likeness (QED) is 0.446. The molecule has 1 atom stereocenters. The van der Waals surface area contributed by atoms with Gasteiger partial charge in [0.1, 0.15) is 6.10 Å². The average Bonchev–Trinajstić information content (AvgIpc) is 2.32. The van der Waals surface area contributed by atoms with Crippen LogP contribution < -0.4 is 0 Å². The molecular weight excluding hydrogens is 232 g/mol. The highest BCUT2D eigenvalue weighted by molar-refractivity contribution is 6.36. The van der Waals surface area contributed by atoms with Crippen molar-refractivity contribution in [2.24, 2.45) is 0 Å². The Labute approximate surface area is 99.1 Å². The molecule has 0 amide bonds. The fourth-order valence-corrected chi connectivity index (χ4v) is 1.28. The topological polar surface area (TPSA) is 77.4 Å². The Morgan fingerprint density at radius 3 is 1.88 bits per heavy atom. The van der Waals surface area contributed by atoms with Crippen LogP contribution in [0.5, 0.6) is 0 Å². The van der Waals surface area contributed by atoms with Crippen molar-refractivity contribution in [1.29, 1.82) is 0 Å². The van der Waals surface area contributed by atoms with Crippen LogP contribution in [-0.4, -0.2) is 67.0 Å². The molecule has 0 saturated heterocycles. The van der Waals surface area contributed by atoms with E-state index >= 15 is 0 Å². The SMILES string of the molecule is CCCOCC(O)CO.CO[SiH](OC)OC. The molecule has 1 unspecified atom stereocenters. The molecular formula is C9H24O6Si. The van der Waals surface area contributed by atoms with E-state index in [1.807, 2.05) is 6.92 Å². The first kappa shape index (κ1) is 18.3. The van der Waals surface area contributed by atoms with Crippen LogP contribution in [0.1, 0.15) is 13.3 Å². The smallest absolute Gasteiger partial charge is 0.394 e. The molecule has 0 aromatic carbocycles. The molecule has 0 aliphatic rings. The van der Waals surface area contributed by atoms with Crippen molar-refractivity contribution in [3.05, 3.63) is 0 Å². The van der Waals surface area contributed by atoms with Crippen molar-refractivity contribution >= 4 is 9.53 Å². The maximum absolute atomic E-state index is 8.71. The lowest BCUT2D eigenvalue weighted by atomic mass is 10.4. The number of hydrogen-bond donors (Lipinski definition) is 2. The van der Waals surface area contributed by atoms with E-state index in [4.69, 9.17) is 28.2 Å². The number of rotatable bonds is 8. The maximum Gasteiger partial charge on any atom is 0.483 e. The van der Waals surface area contributed by atoms with Crippen molar-refractivity contribution in [2.75, 3.05) is 41.2 Å². The first-order valence-corrected chi connectivity index (χ1v) is 6.52. The van der Waals surface area contributed by atoms with E-state index in [0.717, 1.165) is 6.42 Å². The molecule has 0 aromatic rings. The largest absolute Gasteiger partial charge is 0.483 e. The van der Waals surface area contributed by atoms with Gasteiger partial charge >= 0.3 is 9.53 Å². The molecule has 0 aliphatic carbocycles. The van der Waals surface area contributed by atoms with Gasteiger partial charge in [0.15, 0.2) is 0 Å². The molecule has 0 saturated carbocycles. The second-order valence-corrected chi connectivity index (χ2v) is 4.90. The summed E-state index contributed by atoms with van der Waals surface area (Å²) in [7, 11) is 3.05. The van der Waals surface area contributed by atoms with Gasteiger partial charge in [-0.1, -0.05) is 6.92 Å². The highest BCUT2D eigenvalue weighted by Crippen LogP contribution is 1.84. The van der Waals surface area contributed by atoms with E-state index in [1.54, 1.807) is 21.3 Å². The summed E-state index contributed by atoms with van der Waals surface area (Å²) in [4.78, 5) is 0. The maximum atomic E-state index is 8.71. The molecule has 6 nitrogen and oxygen atoms in total. The summed E-state index contributed by atoms with van der Waals surface area (Å²) in [6, 6.07) is 0. The fraction of sp³-hybridized carbons (Fsp3) is 1.00. The summed E-state index contributed by atoms with van der Waals surface area (Å²) < 4.78 is 19.2. The first-order valence-electron chi connectivity index (χ1n) is 5.11. The van der Waals surface area contributed by atoms with Gasteiger partial charge in [-0.2, -0.15) is 0 Å². The van der Waals surface area contributed by atoms with Gasteiger partial charge in [-0.05, 0) is 6.42 Å². The summed E-state index contributed by atoms with van der Waals surface area (Å²) in [6.07, 6.45) is 0.231. The Hall–Kier alpha value is -0.0231. The van der Waals surface area contributed by atoms with Crippen molar-refractivity contribution in [1.82, 2.24) is 0 Å². The first-order chi connectivity index (χ1) is 7.65. The zero-order chi connectivity index (χ0) is 12.8. The highest BCUT2D eigenvalue weighted by Gasteiger charge is 2.04. The Morgan fingerprint density at radius 1 is 1.12 bits per heavy atom. The predicted molar refractivity (Wildman–Crippen MR) is 62.4 cm³/mol. The minimum Gasteiger partial charge on any atom is -0.394 e. The molecule has 100 valence electrons. The summed E-state index contributed by atoms with van der Waals surface area (Å²) in [5.74, 6) is 0. The van der Waals surface area contributed by atoms with Gasteiger partial charge in [0.25, 0.3) is 0 Å². The van der Waals surface area contributed by atoms with Gasteiger partial charge in [-0.15, -0.1) is 0 Å². The lowest BCUT2D eigenvalue weighted by molar-refractivity contribution is 0.00653. The third kappa shape index (κ3) is 14.0. The van der Waals surface area contributed by atoms with Crippen LogP contribution in [0.2, 0.25) is 0 Å². The van der Waals surface area contributed by atoms with Crippen molar-refractivity contribution in [3.8, 4) is 0 Å². The van der Waals surface area contributed by atoms with Gasteiger partial charge in [-0.3, -0.25) is 0 Å². The fourth-order valence-electron chi connectivity index (χ4n) is 0.705. The molecule has 7 heteroatoms. The highest BCUT2D eigenvalue weighted by atomic mass is 28.3. The summed E-state index contributed by atoms with van der Waals surface area (Å²) in [6.45, 7) is 2.66. The van der Waals surface area contributed by atoms with Gasteiger partial charge in [-0.25, -0.2) is 0 Å². The Morgan fingerprint density at radius 2 is 1.62 bits per heavy atom. The van der Waals surface area contributed by atoms with Gasteiger partial charge in [0.05, 0.1) is 13.2 Å². The third-order valence-corrected chi connectivity index (χ3v) is 2.60. The van der Waals surface area contributed by atoms with Crippen LogP contribution in [0.15, 0.2) is 0 Å². The van der Waals surface area contributed by atoms with E-state index in [-0.39, 0.29) is 13.2 Å². The van der Waals surface area contributed by atoms with E-state index < -0.39 is 15.6 Å². The van der Waals surface area contributed by atoms with Crippen LogP contribution >= 0.6 is 0 Å². The molecule has 0 radical (unpaired) electrons. The molecule has 0 rings (SSSR count). The summed E-state index contributed by atoms with van der Waals surface area (Å²) >= 11 is 0. The number of aliphatic hydroxyl groups excluding tert-OH is 2. The van der Waals surface area contributed by atoms with Gasteiger partial charge in [0, 0.05) is 27.9 Å². The second kappa shape index (κ2) is 15.0. The molecule has 0 aliphatic heterocycles. The van der Waals surface area contributed by atoms with Crippen LogP contribution in [-0.2, 0) is 18.0 Å². The zero-order valence-electron chi connectivity index (χ0n) is 10.5. The Balaban J connectivity index is 0. The second-order valence-electron chi connectivity index (χ2n) is 2.91. The van der Waals surface area contributed by atoms with E-state index in [1.165, 1.54) is 0 Å². The minimum atomic E-state index is -1.67. The predicted octanol–water partition coefficient (Wildman–Crippen LogP) is -0.591. The normalized spacial score (nSPS) is 12.2. The van der Waals surface area contributed by atoms with Crippen LogP contribution in [0, 0.1) is 0 Å². The van der Waals surface area contributed by atoms with E-state index in [0.29, 0.717) is 6.61 Å². The molecule has 0 spiro atoms. The average molecular weight is 256 g/mol. The van der Waals surface area contributed by atoms with E-state index in [9.17, 15) is 0 Å². The van der Waals surface area contributed by atoms with Crippen LogP contribution in [0.25, 0.3) is 0 Å². The van der Waals surface area contributed by atoms with Crippen molar-refractivity contribution in [3.63, 3.8) is 0 Å². The molecule has 16 heavy (non-hydrogen) atoms. The van der Waals surface area contributed by atoms with E-state index in [2.05, 4.69) is 0 Å². The number of ether oxygens (including phenoxy) is 1. The van der Waals surface area contributed by atoms with Gasteiger partial charge < -0.3 is 28.2 Å². The van der Waals surface area contributed by atoms with Crippen molar-refractivity contribution in [2.45, 2.75) is 19.4 Å². The molecule has 2 N–H and O–H groups in total. The van der Waals surface area contributed by atoms with Crippen molar-refractivity contribution < 1.29 is 28.2 Å². The Kier molecular flexibility index (Phi) is 17.2. The standard InChI is InChI=1S/C6H14O3.C3H10O3Si/c1-2-3-9-5-6(8)4-7;1-4-7(5-2)6-3/h6-8H,2-5H2,1H3;7H,1-3H3. The molecule has 0 fully saturated rings. The molecule has 0 aromatic heterocycles.